The Morgan fingerprint density at radius 2 is 2.14 bits per heavy atom. The molecule has 4 nitrogen and oxygen atoms in total. The topological polar surface area (TPSA) is 58.2 Å². The van der Waals surface area contributed by atoms with Gasteiger partial charge in [-0.2, -0.15) is 0 Å². The van der Waals surface area contributed by atoms with E-state index in [9.17, 15) is 9.59 Å². The number of hydrogen-bond donors (Lipinski definition) is 2. The van der Waals surface area contributed by atoms with Crippen molar-refractivity contribution in [1.82, 2.24) is 5.32 Å². The second-order valence-electron chi connectivity index (χ2n) is 5.41. The van der Waals surface area contributed by atoms with Crippen LogP contribution in [-0.4, -0.2) is 18.4 Å². The number of aryl methyl sites for hydroxylation is 1. The summed E-state index contributed by atoms with van der Waals surface area (Å²) >= 11 is 0. The van der Waals surface area contributed by atoms with Gasteiger partial charge in [0.15, 0.2) is 0 Å². The standard InChI is InChI=1S/C17H22N2O2/c1-3-18-17(21)14-9-8-12(2)15(11-14)19-16(20)10-13-6-4-5-7-13/h4,6,8-9,11,13H,3,5,7,10H2,1-2H3,(H,18,21)(H,19,20)/t13-/m0/s1. The molecule has 1 aromatic carbocycles. The minimum absolute atomic E-state index is 0.00250. The summed E-state index contributed by atoms with van der Waals surface area (Å²) in [5.41, 5.74) is 2.24. The molecule has 2 rings (SSSR count). The van der Waals surface area contributed by atoms with Gasteiger partial charge in [-0.3, -0.25) is 9.59 Å². The largest absolute Gasteiger partial charge is 0.352 e. The quantitative estimate of drug-likeness (QED) is 0.817. The van der Waals surface area contributed by atoms with Crippen molar-refractivity contribution >= 4 is 17.5 Å². The third-order valence-electron chi connectivity index (χ3n) is 3.67. The molecule has 0 aliphatic heterocycles. The Morgan fingerprint density at radius 1 is 1.33 bits per heavy atom. The maximum atomic E-state index is 12.1. The van der Waals surface area contributed by atoms with Crippen LogP contribution in [0.4, 0.5) is 5.69 Å². The first-order valence-corrected chi connectivity index (χ1v) is 7.45. The van der Waals surface area contributed by atoms with Crippen LogP contribution < -0.4 is 10.6 Å². The van der Waals surface area contributed by atoms with Gasteiger partial charge in [0.2, 0.25) is 5.91 Å². The van der Waals surface area contributed by atoms with Crippen LogP contribution >= 0.6 is 0 Å². The molecule has 0 saturated heterocycles. The van der Waals surface area contributed by atoms with Gasteiger partial charge in [-0.05, 0) is 50.3 Å². The van der Waals surface area contributed by atoms with Crippen LogP contribution in [0.25, 0.3) is 0 Å². The highest BCUT2D eigenvalue weighted by Gasteiger charge is 2.15. The van der Waals surface area contributed by atoms with Crippen LogP contribution in [0.2, 0.25) is 0 Å². The number of nitrogens with one attached hydrogen (secondary N) is 2. The van der Waals surface area contributed by atoms with E-state index in [1.54, 1.807) is 12.1 Å². The lowest BCUT2D eigenvalue weighted by Gasteiger charge is -2.12. The molecule has 1 aliphatic rings. The Labute approximate surface area is 125 Å². The zero-order valence-electron chi connectivity index (χ0n) is 12.6. The molecular weight excluding hydrogens is 264 g/mol. The van der Waals surface area contributed by atoms with Crippen molar-refractivity contribution in [2.45, 2.75) is 33.1 Å². The normalized spacial score (nSPS) is 16.8. The van der Waals surface area contributed by atoms with Crippen molar-refractivity contribution in [3.63, 3.8) is 0 Å². The van der Waals surface area contributed by atoms with Gasteiger partial charge in [-0.1, -0.05) is 18.2 Å². The fourth-order valence-electron chi connectivity index (χ4n) is 2.47. The molecule has 0 heterocycles. The molecule has 0 radical (unpaired) electrons. The smallest absolute Gasteiger partial charge is 0.251 e. The first-order valence-electron chi connectivity index (χ1n) is 7.45. The average molecular weight is 286 g/mol. The molecule has 0 saturated carbocycles. The van der Waals surface area contributed by atoms with Gasteiger partial charge >= 0.3 is 0 Å². The van der Waals surface area contributed by atoms with E-state index in [0.717, 1.165) is 18.4 Å². The highest BCUT2D eigenvalue weighted by Crippen LogP contribution is 2.22. The Bertz CT molecular complexity index is 564. The molecule has 112 valence electrons. The number of hydrogen-bond acceptors (Lipinski definition) is 2. The van der Waals surface area contributed by atoms with Crippen molar-refractivity contribution < 1.29 is 9.59 Å². The van der Waals surface area contributed by atoms with E-state index in [0.29, 0.717) is 30.1 Å². The predicted octanol–water partition coefficient (Wildman–Crippen LogP) is 3.04. The van der Waals surface area contributed by atoms with Crippen LogP contribution in [-0.2, 0) is 4.79 Å². The molecular formula is C17H22N2O2. The molecule has 1 aliphatic carbocycles. The summed E-state index contributed by atoms with van der Waals surface area (Å²) in [6.07, 6.45) is 6.84. The molecule has 0 spiro atoms. The van der Waals surface area contributed by atoms with Gasteiger partial charge in [0, 0.05) is 24.2 Å². The Morgan fingerprint density at radius 3 is 2.81 bits per heavy atom. The highest BCUT2D eigenvalue weighted by molar-refractivity contribution is 5.97. The zero-order valence-corrected chi connectivity index (χ0v) is 12.6. The van der Waals surface area contributed by atoms with E-state index in [1.807, 2.05) is 19.9 Å². The number of amides is 2. The van der Waals surface area contributed by atoms with Crippen molar-refractivity contribution in [1.29, 1.82) is 0 Å². The maximum absolute atomic E-state index is 12.1. The van der Waals surface area contributed by atoms with E-state index in [1.165, 1.54) is 0 Å². The van der Waals surface area contributed by atoms with Crippen molar-refractivity contribution in [3.8, 4) is 0 Å². The molecule has 0 bridgehead atoms. The summed E-state index contributed by atoms with van der Waals surface area (Å²) in [4.78, 5) is 23.9. The summed E-state index contributed by atoms with van der Waals surface area (Å²) in [5.74, 6) is 0.228. The number of carbonyl (C=O) groups is 2. The monoisotopic (exact) mass is 286 g/mol. The minimum atomic E-state index is -0.119. The number of benzene rings is 1. The molecule has 2 N–H and O–H groups in total. The molecule has 0 aromatic heterocycles. The summed E-state index contributed by atoms with van der Waals surface area (Å²) < 4.78 is 0. The predicted molar refractivity (Wildman–Crippen MR) is 84.3 cm³/mol. The fourth-order valence-corrected chi connectivity index (χ4v) is 2.47. The zero-order chi connectivity index (χ0) is 15.2. The lowest BCUT2D eigenvalue weighted by atomic mass is 10.0. The fraction of sp³-hybridized carbons (Fsp3) is 0.412. The van der Waals surface area contributed by atoms with Crippen molar-refractivity contribution in [2.24, 2.45) is 5.92 Å². The van der Waals surface area contributed by atoms with Gasteiger partial charge in [0.25, 0.3) is 5.91 Å². The summed E-state index contributed by atoms with van der Waals surface area (Å²) in [6.45, 7) is 4.39. The maximum Gasteiger partial charge on any atom is 0.251 e. The summed E-state index contributed by atoms with van der Waals surface area (Å²) in [7, 11) is 0. The van der Waals surface area contributed by atoms with Crippen molar-refractivity contribution in [2.75, 3.05) is 11.9 Å². The second kappa shape index (κ2) is 7.07. The summed E-state index contributed by atoms with van der Waals surface area (Å²) in [5, 5.41) is 5.68. The van der Waals surface area contributed by atoms with E-state index in [-0.39, 0.29) is 11.8 Å². The Balaban J connectivity index is 2.04. The molecule has 21 heavy (non-hydrogen) atoms. The summed E-state index contributed by atoms with van der Waals surface area (Å²) in [6, 6.07) is 5.37. The van der Waals surface area contributed by atoms with Crippen molar-refractivity contribution in [3.05, 3.63) is 41.5 Å². The molecule has 1 atom stereocenters. The van der Waals surface area contributed by atoms with Crippen LogP contribution in [0.3, 0.4) is 0 Å². The lowest BCUT2D eigenvalue weighted by molar-refractivity contribution is -0.116. The van der Waals surface area contributed by atoms with E-state index in [4.69, 9.17) is 0 Å². The van der Waals surface area contributed by atoms with Gasteiger partial charge in [0.05, 0.1) is 0 Å². The van der Waals surface area contributed by atoms with E-state index in [2.05, 4.69) is 22.8 Å². The third kappa shape index (κ3) is 4.18. The first-order chi connectivity index (χ1) is 10.1. The first kappa shape index (κ1) is 15.3. The molecule has 4 heteroatoms. The number of allylic oxidation sites excluding steroid dienone is 2. The number of rotatable bonds is 5. The third-order valence-corrected chi connectivity index (χ3v) is 3.67. The van der Waals surface area contributed by atoms with Crippen LogP contribution in [0.5, 0.6) is 0 Å². The number of carbonyl (C=O) groups excluding carboxylic acids is 2. The van der Waals surface area contributed by atoms with Crippen LogP contribution in [0.15, 0.2) is 30.4 Å². The average Bonchev–Trinajstić information content (AvgIpc) is 2.94. The SMILES string of the molecule is CCNC(=O)c1ccc(C)c(NC(=O)C[C@H]2C=CCC2)c1. The van der Waals surface area contributed by atoms with E-state index >= 15 is 0 Å². The highest BCUT2D eigenvalue weighted by atomic mass is 16.2. The molecule has 2 amide bonds. The molecule has 1 aromatic rings. The van der Waals surface area contributed by atoms with Gasteiger partial charge in [-0.15, -0.1) is 0 Å². The van der Waals surface area contributed by atoms with Gasteiger partial charge in [-0.25, -0.2) is 0 Å². The van der Waals surface area contributed by atoms with Crippen LogP contribution in [0, 0.1) is 12.8 Å². The van der Waals surface area contributed by atoms with Gasteiger partial charge in [0.1, 0.15) is 0 Å². The Kier molecular flexibility index (Phi) is 5.14. The van der Waals surface area contributed by atoms with E-state index < -0.39 is 0 Å². The molecule has 0 unspecified atom stereocenters. The lowest BCUT2D eigenvalue weighted by Crippen LogP contribution is -2.23. The van der Waals surface area contributed by atoms with Crippen LogP contribution in [0.1, 0.15) is 42.1 Å². The molecule has 0 fully saturated rings. The minimum Gasteiger partial charge on any atom is -0.352 e. The Hall–Kier alpha value is -2.10. The number of anilines is 1. The second-order valence-corrected chi connectivity index (χ2v) is 5.41. The van der Waals surface area contributed by atoms with Gasteiger partial charge < -0.3 is 10.6 Å².